The number of halogens is 5. The van der Waals surface area contributed by atoms with Crippen LogP contribution in [0.4, 0.5) is 12.9 Å². The molecule has 0 bridgehead atoms. The molecule has 0 atom stereocenters. The van der Waals surface area contributed by atoms with Crippen LogP contribution in [0.15, 0.2) is 10.5 Å². The van der Waals surface area contributed by atoms with Crippen LogP contribution in [0.25, 0.3) is 0 Å². The monoisotopic (exact) mass is 263 g/mol. The SMILES string of the molecule is F[B-](F)(F)/C=C(\Br)CCCCCl. The van der Waals surface area contributed by atoms with Gasteiger partial charge in [0.15, 0.2) is 0 Å². The molecule has 0 amide bonds. The van der Waals surface area contributed by atoms with Gasteiger partial charge in [-0.25, -0.2) is 0 Å². The second-order valence-corrected chi connectivity index (χ2v) is 3.78. The number of allylic oxidation sites excluding steroid dienone is 1. The molecule has 0 aromatic carbocycles. The maximum Gasteiger partial charge on any atom is 0.503 e. The molecule has 0 aliphatic carbocycles. The highest BCUT2D eigenvalue weighted by Gasteiger charge is 2.18. The minimum Gasteiger partial charge on any atom is -0.445 e. The molecule has 0 aliphatic rings. The summed E-state index contributed by atoms with van der Waals surface area (Å²) in [5, 5.41) is 0. The Morgan fingerprint density at radius 2 is 1.92 bits per heavy atom. The van der Waals surface area contributed by atoms with Crippen LogP contribution < -0.4 is 0 Å². The predicted molar refractivity (Wildman–Crippen MR) is 50.7 cm³/mol. The average Bonchev–Trinajstić information content (AvgIpc) is 1.84. The van der Waals surface area contributed by atoms with Crippen LogP contribution in [-0.2, 0) is 0 Å². The molecule has 0 rings (SSSR count). The van der Waals surface area contributed by atoms with Gasteiger partial charge in [-0.05, 0) is 23.7 Å². The quantitative estimate of drug-likeness (QED) is 0.399. The van der Waals surface area contributed by atoms with Gasteiger partial charge in [0.1, 0.15) is 0 Å². The number of alkyl halides is 1. The van der Waals surface area contributed by atoms with Crippen molar-refractivity contribution in [2.75, 3.05) is 5.88 Å². The molecule has 0 radical (unpaired) electrons. The van der Waals surface area contributed by atoms with E-state index in [4.69, 9.17) is 11.6 Å². The Morgan fingerprint density at radius 1 is 1.33 bits per heavy atom. The molecule has 0 heterocycles. The molecular formula is C6H9BBrClF3-. The summed E-state index contributed by atoms with van der Waals surface area (Å²) in [4.78, 5) is 0. The molecule has 0 unspecified atom stereocenters. The third kappa shape index (κ3) is 8.46. The second kappa shape index (κ2) is 5.92. The predicted octanol–water partition coefficient (Wildman–Crippen LogP) is 4.06. The van der Waals surface area contributed by atoms with Crippen LogP contribution in [-0.4, -0.2) is 12.9 Å². The van der Waals surface area contributed by atoms with E-state index in [-0.39, 0.29) is 4.48 Å². The Morgan fingerprint density at radius 3 is 2.33 bits per heavy atom. The van der Waals surface area contributed by atoms with Crippen molar-refractivity contribution in [3.05, 3.63) is 10.5 Å². The summed E-state index contributed by atoms with van der Waals surface area (Å²) < 4.78 is 35.4. The average molecular weight is 264 g/mol. The minimum atomic E-state index is -4.81. The maximum absolute atomic E-state index is 11.7. The van der Waals surface area contributed by atoms with Gasteiger partial charge in [-0.1, -0.05) is 15.9 Å². The first kappa shape index (κ1) is 12.4. The zero-order chi connectivity index (χ0) is 9.61. The van der Waals surface area contributed by atoms with E-state index in [0.29, 0.717) is 24.7 Å². The van der Waals surface area contributed by atoms with Crippen LogP contribution in [0.2, 0.25) is 0 Å². The van der Waals surface area contributed by atoms with Crippen molar-refractivity contribution in [2.24, 2.45) is 0 Å². The molecule has 0 aliphatic heterocycles. The Bertz CT molecular complexity index is 157. The Balaban J connectivity index is 3.71. The van der Waals surface area contributed by atoms with Gasteiger partial charge in [-0.3, -0.25) is 0 Å². The van der Waals surface area contributed by atoms with Gasteiger partial charge in [0, 0.05) is 5.88 Å². The van der Waals surface area contributed by atoms with E-state index < -0.39 is 6.98 Å². The first-order valence-corrected chi connectivity index (χ1v) is 4.91. The molecule has 0 N–H and O–H groups in total. The lowest BCUT2D eigenvalue weighted by molar-refractivity contribution is 0.498. The van der Waals surface area contributed by atoms with Gasteiger partial charge in [-0.2, -0.15) is 0 Å². The van der Waals surface area contributed by atoms with E-state index in [9.17, 15) is 12.9 Å². The van der Waals surface area contributed by atoms with Crippen molar-refractivity contribution in [2.45, 2.75) is 19.3 Å². The molecule has 0 saturated heterocycles. The summed E-state index contributed by atoms with van der Waals surface area (Å²) in [7, 11) is 0. The fraction of sp³-hybridized carbons (Fsp3) is 0.667. The van der Waals surface area contributed by atoms with Gasteiger partial charge in [0.05, 0.1) is 0 Å². The van der Waals surface area contributed by atoms with E-state index in [1.54, 1.807) is 0 Å². The van der Waals surface area contributed by atoms with Crippen LogP contribution in [0.3, 0.4) is 0 Å². The first-order chi connectivity index (χ1) is 5.45. The third-order valence-electron chi connectivity index (χ3n) is 1.17. The highest BCUT2D eigenvalue weighted by atomic mass is 79.9. The van der Waals surface area contributed by atoms with Crippen molar-refractivity contribution in [3.8, 4) is 0 Å². The number of rotatable bonds is 5. The van der Waals surface area contributed by atoms with Gasteiger partial charge in [-0.15, -0.1) is 17.6 Å². The molecule has 72 valence electrons. The van der Waals surface area contributed by atoms with E-state index in [0.717, 1.165) is 6.42 Å². The Kier molecular flexibility index (Phi) is 6.10. The van der Waals surface area contributed by atoms with Crippen LogP contribution in [0.5, 0.6) is 0 Å². The maximum atomic E-state index is 11.7. The van der Waals surface area contributed by atoms with Gasteiger partial charge in [0.25, 0.3) is 0 Å². The molecule has 0 aromatic rings. The summed E-state index contributed by atoms with van der Waals surface area (Å²) in [6.45, 7) is -4.81. The normalized spacial score (nSPS) is 13.6. The van der Waals surface area contributed by atoms with Crippen molar-refractivity contribution < 1.29 is 12.9 Å². The fourth-order valence-electron chi connectivity index (χ4n) is 0.677. The highest BCUT2D eigenvalue weighted by Crippen LogP contribution is 2.20. The minimum absolute atomic E-state index is 0.208. The third-order valence-corrected chi connectivity index (χ3v) is 2.10. The standard InChI is InChI=1S/C6H9BBrClF3/c8-6(3-1-2-4-9)5-7(10,11)12/h5H,1-4H2/q-1/b6-5-. The van der Waals surface area contributed by atoms with E-state index in [2.05, 4.69) is 15.9 Å². The molecule has 0 nitrogen and oxygen atoms in total. The zero-order valence-electron chi connectivity index (χ0n) is 6.37. The summed E-state index contributed by atoms with van der Waals surface area (Å²) in [5.41, 5.74) is 0. The number of unbranched alkanes of at least 4 members (excludes halogenated alkanes) is 1. The lowest BCUT2D eigenvalue weighted by atomic mass is 9.91. The molecule has 12 heavy (non-hydrogen) atoms. The summed E-state index contributed by atoms with van der Waals surface area (Å²) in [6, 6.07) is 0. The molecule has 0 aromatic heterocycles. The summed E-state index contributed by atoms with van der Waals surface area (Å²) in [6.07, 6.45) is 1.84. The second-order valence-electron chi connectivity index (χ2n) is 2.39. The van der Waals surface area contributed by atoms with Crippen LogP contribution in [0, 0.1) is 0 Å². The van der Waals surface area contributed by atoms with Crippen molar-refractivity contribution in [3.63, 3.8) is 0 Å². The lowest BCUT2D eigenvalue weighted by Gasteiger charge is -2.08. The zero-order valence-corrected chi connectivity index (χ0v) is 8.71. The number of hydrogen-bond donors (Lipinski definition) is 0. The summed E-state index contributed by atoms with van der Waals surface area (Å²) in [5.74, 6) is 0.825. The van der Waals surface area contributed by atoms with Crippen LogP contribution in [0.1, 0.15) is 19.3 Å². The summed E-state index contributed by atoms with van der Waals surface area (Å²) >= 11 is 8.22. The van der Waals surface area contributed by atoms with Crippen molar-refractivity contribution in [1.29, 1.82) is 0 Å². The van der Waals surface area contributed by atoms with E-state index in [1.807, 2.05) is 0 Å². The fourth-order valence-corrected chi connectivity index (χ4v) is 1.45. The Labute approximate surface area is 83.3 Å². The topological polar surface area (TPSA) is 0 Å². The van der Waals surface area contributed by atoms with E-state index >= 15 is 0 Å². The van der Waals surface area contributed by atoms with Gasteiger partial charge >= 0.3 is 6.98 Å². The largest absolute Gasteiger partial charge is 0.503 e. The molecule has 0 fully saturated rings. The molecular weight excluding hydrogens is 255 g/mol. The Hall–Kier alpha value is 0.365. The molecule has 0 saturated carbocycles. The van der Waals surface area contributed by atoms with Crippen molar-refractivity contribution in [1.82, 2.24) is 0 Å². The molecule has 6 heteroatoms. The first-order valence-electron chi connectivity index (χ1n) is 3.59. The number of hydrogen-bond acceptors (Lipinski definition) is 0. The van der Waals surface area contributed by atoms with Crippen molar-refractivity contribution >= 4 is 34.5 Å². The van der Waals surface area contributed by atoms with Gasteiger partial charge in [0.2, 0.25) is 0 Å². The lowest BCUT2D eigenvalue weighted by Crippen LogP contribution is -2.10. The smallest absolute Gasteiger partial charge is 0.445 e. The van der Waals surface area contributed by atoms with E-state index in [1.165, 1.54) is 0 Å². The van der Waals surface area contributed by atoms with Crippen LogP contribution >= 0.6 is 27.5 Å². The highest BCUT2D eigenvalue weighted by molar-refractivity contribution is 9.11. The molecule has 0 spiro atoms. The van der Waals surface area contributed by atoms with Gasteiger partial charge < -0.3 is 12.9 Å².